The molecule has 2 atom stereocenters. The SMILES string of the molecule is CCNC(CCC(C)(C)OC)C1CCN(C(=O)OC(C)(C)C)C1. The molecule has 1 aliphatic heterocycles. The number of hydrogen-bond donors (Lipinski definition) is 1. The van der Waals surface area contributed by atoms with Gasteiger partial charge in [0.2, 0.25) is 0 Å². The maximum Gasteiger partial charge on any atom is 0.410 e. The number of methoxy groups -OCH3 is 1. The third-order valence-corrected chi connectivity index (χ3v) is 4.52. The van der Waals surface area contributed by atoms with E-state index in [9.17, 15) is 4.79 Å². The molecule has 23 heavy (non-hydrogen) atoms. The Morgan fingerprint density at radius 1 is 1.30 bits per heavy atom. The minimum absolute atomic E-state index is 0.100. The number of carbonyl (C=O) groups is 1. The molecule has 0 aliphatic carbocycles. The second-order valence-electron chi connectivity index (χ2n) is 8.14. The number of likely N-dealkylation sites (tertiary alicyclic amines) is 1. The first kappa shape index (κ1) is 20.2. The molecule has 1 aliphatic rings. The average molecular weight is 328 g/mol. The highest BCUT2D eigenvalue weighted by molar-refractivity contribution is 5.68. The Morgan fingerprint density at radius 3 is 2.48 bits per heavy atom. The normalized spacial score (nSPS) is 20.7. The Kier molecular flexibility index (Phi) is 7.33. The van der Waals surface area contributed by atoms with Gasteiger partial charge in [-0.05, 0) is 66.3 Å². The van der Waals surface area contributed by atoms with Crippen LogP contribution in [0.2, 0.25) is 0 Å². The first-order chi connectivity index (χ1) is 10.6. The van der Waals surface area contributed by atoms with Gasteiger partial charge in [-0.2, -0.15) is 0 Å². The fourth-order valence-corrected chi connectivity index (χ4v) is 2.98. The number of nitrogens with zero attached hydrogens (tertiary/aromatic N) is 1. The van der Waals surface area contributed by atoms with Gasteiger partial charge in [-0.15, -0.1) is 0 Å². The topological polar surface area (TPSA) is 50.8 Å². The van der Waals surface area contributed by atoms with Crippen LogP contribution in [0.1, 0.15) is 60.8 Å². The Balaban J connectivity index is 2.56. The van der Waals surface area contributed by atoms with Crippen LogP contribution in [0.25, 0.3) is 0 Å². The van der Waals surface area contributed by atoms with Crippen LogP contribution in [0.4, 0.5) is 4.79 Å². The van der Waals surface area contributed by atoms with Crippen molar-refractivity contribution in [2.24, 2.45) is 5.92 Å². The molecular weight excluding hydrogens is 292 g/mol. The predicted molar refractivity (Wildman–Crippen MR) is 93.7 cm³/mol. The molecule has 5 heteroatoms. The summed E-state index contributed by atoms with van der Waals surface area (Å²) >= 11 is 0. The fourth-order valence-electron chi connectivity index (χ4n) is 2.98. The lowest BCUT2D eigenvalue weighted by atomic mass is 9.90. The van der Waals surface area contributed by atoms with Crippen molar-refractivity contribution in [1.82, 2.24) is 10.2 Å². The Labute approximate surface area is 142 Å². The minimum Gasteiger partial charge on any atom is -0.444 e. The lowest BCUT2D eigenvalue weighted by molar-refractivity contribution is 0.00983. The molecule has 1 fully saturated rings. The number of carbonyl (C=O) groups excluding carboxylic acids is 1. The first-order valence-corrected chi connectivity index (χ1v) is 8.84. The molecule has 1 heterocycles. The largest absolute Gasteiger partial charge is 0.444 e. The summed E-state index contributed by atoms with van der Waals surface area (Å²) in [6, 6.07) is 0.418. The third-order valence-electron chi connectivity index (χ3n) is 4.52. The van der Waals surface area contributed by atoms with Gasteiger partial charge < -0.3 is 19.7 Å². The first-order valence-electron chi connectivity index (χ1n) is 8.84. The molecule has 1 rings (SSSR count). The lowest BCUT2D eigenvalue weighted by Gasteiger charge is -2.30. The van der Waals surface area contributed by atoms with Crippen LogP contribution in [-0.4, -0.2) is 55.0 Å². The van der Waals surface area contributed by atoms with Crippen LogP contribution >= 0.6 is 0 Å². The van der Waals surface area contributed by atoms with Crippen molar-refractivity contribution in [3.8, 4) is 0 Å². The van der Waals surface area contributed by atoms with Crippen LogP contribution in [0.15, 0.2) is 0 Å². The van der Waals surface area contributed by atoms with Crippen molar-refractivity contribution < 1.29 is 14.3 Å². The third kappa shape index (κ3) is 7.08. The van der Waals surface area contributed by atoms with E-state index >= 15 is 0 Å². The highest BCUT2D eigenvalue weighted by Crippen LogP contribution is 2.26. The summed E-state index contributed by atoms with van der Waals surface area (Å²) in [6.45, 7) is 14.6. The minimum atomic E-state index is -0.432. The number of hydrogen-bond acceptors (Lipinski definition) is 4. The number of nitrogens with one attached hydrogen (secondary N) is 1. The summed E-state index contributed by atoms with van der Waals surface area (Å²) in [5.74, 6) is 0.482. The van der Waals surface area contributed by atoms with E-state index in [0.29, 0.717) is 12.0 Å². The molecule has 0 aromatic rings. The standard InChI is InChI=1S/C18H36N2O3/c1-8-19-15(9-11-18(5,6)22-7)14-10-12-20(13-14)16(21)23-17(2,3)4/h14-15,19H,8-13H2,1-7H3. The Morgan fingerprint density at radius 2 is 1.96 bits per heavy atom. The van der Waals surface area contributed by atoms with Gasteiger partial charge in [-0.25, -0.2) is 4.79 Å². The zero-order valence-corrected chi connectivity index (χ0v) is 16.1. The van der Waals surface area contributed by atoms with E-state index in [-0.39, 0.29) is 11.7 Å². The van der Waals surface area contributed by atoms with Gasteiger partial charge in [0.05, 0.1) is 5.60 Å². The molecule has 1 N–H and O–H groups in total. The molecule has 2 unspecified atom stereocenters. The van der Waals surface area contributed by atoms with Gasteiger partial charge in [0.1, 0.15) is 5.60 Å². The molecule has 0 saturated carbocycles. The van der Waals surface area contributed by atoms with Crippen molar-refractivity contribution in [1.29, 1.82) is 0 Å². The van der Waals surface area contributed by atoms with E-state index in [1.807, 2.05) is 25.7 Å². The number of ether oxygens (including phenoxy) is 2. The summed E-state index contributed by atoms with van der Waals surface area (Å²) in [7, 11) is 1.77. The van der Waals surface area contributed by atoms with Crippen LogP contribution in [-0.2, 0) is 9.47 Å². The molecule has 1 amide bonds. The zero-order chi connectivity index (χ0) is 17.7. The lowest BCUT2D eigenvalue weighted by Crippen LogP contribution is -2.41. The van der Waals surface area contributed by atoms with Crippen molar-refractivity contribution in [3.63, 3.8) is 0 Å². The molecule has 1 saturated heterocycles. The fraction of sp³-hybridized carbons (Fsp3) is 0.944. The Bertz CT molecular complexity index is 377. The molecule has 0 spiro atoms. The molecule has 0 aromatic heterocycles. The average Bonchev–Trinajstić information content (AvgIpc) is 2.91. The number of amides is 1. The van der Waals surface area contributed by atoms with Gasteiger partial charge in [0.15, 0.2) is 0 Å². The zero-order valence-electron chi connectivity index (χ0n) is 16.1. The van der Waals surface area contributed by atoms with E-state index in [1.54, 1.807) is 7.11 Å². The van der Waals surface area contributed by atoms with E-state index in [1.165, 1.54) is 0 Å². The van der Waals surface area contributed by atoms with Crippen LogP contribution in [0.3, 0.4) is 0 Å². The summed E-state index contributed by atoms with van der Waals surface area (Å²) in [5.41, 5.74) is -0.532. The quantitative estimate of drug-likeness (QED) is 0.778. The van der Waals surface area contributed by atoms with E-state index in [0.717, 1.165) is 38.9 Å². The summed E-state index contributed by atoms with van der Waals surface area (Å²) in [5, 5.41) is 3.59. The molecular formula is C18H36N2O3. The number of rotatable bonds is 7. The molecule has 0 radical (unpaired) electrons. The van der Waals surface area contributed by atoms with Crippen molar-refractivity contribution in [2.45, 2.75) is 78.0 Å². The van der Waals surface area contributed by atoms with Gasteiger partial charge in [0.25, 0.3) is 0 Å². The monoisotopic (exact) mass is 328 g/mol. The highest BCUT2D eigenvalue weighted by Gasteiger charge is 2.34. The second-order valence-corrected chi connectivity index (χ2v) is 8.14. The summed E-state index contributed by atoms with van der Waals surface area (Å²) < 4.78 is 11.0. The molecule has 136 valence electrons. The smallest absolute Gasteiger partial charge is 0.410 e. The predicted octanol–water partition coefficient (Wildman–Crippen LogP) is 3.43. The van der Waals surface area contributed by atoms with E-state index in [2.05, 4.69) is 26.1 Å². The van der Waals surface area contributed by atoms with Gasteiger partial charge in [-0.3, -0.25) is 0 Å². The van der Waals surface area contributed by atoms with Crippen molar-refractivity contribution in [2.75, 3.05) is 26.7 Å². The molecule has 0 bridgehead atoms. The van der Waals surface area contributed by atoms with Crippen molar-refractivity contribution >= 4 is 6.09 Å². The van der Waals surface area contributed by atoms with Crippen LogP contribution in [0.5, 0.6) is 0 Å². The summed E-state index contributed by atoms with van der Waals surface area (Å²) in [6.07, 6.45) is 2.91. The van der Waals surface area contributed by atoms with E-state index < -0.39 is 5.60 Å². The van der Waals surface area contributed by atoms with Crippen LogP contribution in [0, 0.1) is 5.92 Å². The van der Waals surface area contributed by atoms with Gasteiger partial charge in [-0.1, -0.05) is 6.92 Å². The Hall–Kier alpha value is -0.810. The second kappa shape index (κ2) is 8.34. The maximum absolute atomic E-state index is 12.2. The molecule has 0 aromatic carbocycles. The molecule has 5 nitrogen and oxygen atoms in total. The van der Waals surface area contributed by atoms with E-state index in [4.69, 9.17) is 9.47 Å². The maximum atomic E-state index is 12.2. The van der Waals surface area contributed by atoms with Crippen molar-refractivity contribution in [3.05, 3.63) is 0 Å². The van der Waals surface area contributed by atoms with Gasteiger partial charge in [0, 0.05) is 26.2 Å². The summed E-state index contributed by atoms with van der Waals surface area (Å²) in [4.78, 5) is 14.1. The van der Waals surface area contributed by atoms with Crippen LogP contribution < -0.4 is 5.32 Å². The highest BCUT2D eigenvalue weighted by atomic mass is 16.6. The van der Waals surface area contributed by atoms with Gasteiger partial charge >= 0.3 is 6.09 Å².